The molecule has 2 heterocycles. The van der Waals surface area contributed by atoms with Gasteiger partial charge in [-0.15, -0.1) is 10.2 Å². The zero-order chi connectivity index (χ0) is 14.3. The van der Waals surface area contributed by atoms with Gasteiger partial charge in [0.1, 0.15) is 12.4 Å². The zero-order valence-electron chi connectivity index (χ0n) is 11.7. The van der Waals surface area contributed by atoms with Crippen LogP contribution in [0.5, 0.6) is 5.75 Å². The second-order valence-electron chi connectivity index (χ2n) is 4.83. The van der Waals surface area contributed by atoms with Crippen LogP contribution < -0.4 is 4.74 Å². The fourth-order valence-corrected chi connectivity index (χ4v) is 2.20. The SMILES string of the molecule is c1nnc(-c2ccc(OCCOC[C@H]3CCCO3)cc2)o1. The Bertz CT molecular complexity index is 521. The molecule has 3 rings (SSSR count). The van der Waals surface area contributed by atoms with Gasteiger partial charge in [-0.1, -0.05) is 0 Å². The molecule has 1 aromatic carbocycles. The van der Waals surface area contributed by atoms with Crippen molar-refractivity contribution >= 4 is 0 Å². The van der Waals surface area contributed by atoms with Gasteiger partial charge in [0.2, 0.25) is 12.3 Å². The zero-order valence-corrected chi connectivity index (χ0v) is 11.7. The number of nitrogens with zero attached hydrogens (tertiary/aromatic N) is 2. The lowest BCUT2D eigenvalue weighted by atomic mass is 10.2. The third-order valence-electron chi connectivity index (χ3n) is 3.29. The first-order valence-corrected chi connectivity index (χ1v) is 7.10. The van der Waals surface area contributed by atoms with Gasteiger partial charge in [-0.05, 0) is 37.1 Å². The Morgan fingerprint density at radius 3 is 2.81 bits per heavy atom. The highest BCUT2D eigenvalue weighted by molar-refractivity contribution is 5.53. The molecule has 0 unspecified atom stereocenters. The molecule has 1 saturated heterocycles. The molecule has 0 spiro atoms. The minimum Gasteiger partial charge on any atom is -0.491 e. The van der Waals surface area contributed by atoms with Crippen molar-refractivity contribution in [1.82, 2.24) is 10.2 Å². The molecule has 21 heavy (non-hydrogen) atoms. The van der Waals surface area contributed by atoms with Crippen molar-refractivity contribution in [2.24, 2.45) is 0 Å². The van der Waals surface area contributed by atoms with Crippen LogP contribution in [0.1, 0.15) is 12.8 Å². The molecule has 0 N–H and O–H groups in total. The Morgan fingerprint density at radius 1 is 1.19 bits per heavy atom. The molecule has 0 saturated carbocycles. The highest BCUT2D eigenvalue weighted by atomic mass is 16.5. The molecule has 1 aliphatic rings. The first-order chi connectivity index (χ1) is 10.4. The molecule has 0 aliphatic carbocycles. The lowest BCUT2D eigenvalue weighted by Gasteiger charge is -2.11. The van der Waals surface area contributed by atoms with Crippen molar-refractivity contribution < 1.29 is 18.6 Å². The summed E-state index contributed by atoms with van der Waals surface area (Å²) in [6, 6.07) is 7.52. The number of ether oxygens (including phenoxy) is 3. The van der Waals surface area contributed by atoms with Gasteiger partial charge in [-0.25, -0.2) is 0 Å². The number of rotatable bonds is 7. The fraction of sp³-hybridized carbons (Fsp3) is 0.467. The van der Waals surface area contributed by atoms with E-state index in [9.17, 15) is 0 Å². The van der Waals surface area contributed by atoms with Crippen LogP contribution in [0.25, 0.3) is 11.5 Å². The Morgan fingerprint density at radius 2 is 2.10 bits per heavy atom. The molecule has 6 heteroatoms. The van der Waals surface area contributed by atoms with Gasteiger partial charge >= 0.3 is 0 Å². The van der Waals surface area contributed by atoms with Crippen LogP contribution in [0.2, 0.25) is 0 Å². The minimum atomic E-state index is 0.263. The predicted molar refractivity (Wildman–Crippen MR) is 75.0 cm³/mol. The standard InChI is InChI=1S/C15H18N2O4/c1-2-14(19-7-1)10-18-8-9-20-13-5-3-12(4-6-13)15-17-16-11-21-15/h3-6,11,14H,1-2,7-10H2/t14-/m1/s1. The smallest absolute Gasteiger partial charge is 0.247 e. The molecular weight excluding hydrogens is 272 g/mol. The summed E-state index contributed by atoms with van der Waals surface area (Å²) >= 11 is 0. The summed E-state index contributed by atoms with van der Waals surface area (Å²) in [5.41, 5.74) is 0.870. The third-order valence-corrected chi connectivity index (χ3v) is 3.29. The van der Waals surface area contributed by atoms with Gasteiger partial charge in [-0.3, -0.25) is 0 Å². The highest BCUT2D eigenvalue weighted by Crippen LogP contribution is 2.20. The maximum absolute atomic E-state index is 5.61. The summed E-state index contributed by atoms with van der Waals surface area (Å²) in [6.45, 7) is 2.59. The van der Waals surface area contributed by atoms with Crippen molar-refractivity contribution in [1.29, 1.82) is 0 Å². The fourth-order valence-electron chi connectivity index (χ4n) is 2.20. The quantitative estimate of drug-likeness (QED) is 0.729. The van der Waals surface area contributed by atoms with Gasteiger partial charge in [0.15, 0.2) is 0 Å². The molecule has 1 atom stereocenters. The Kier molecular flexibility index (Phi) is 4.81. The topological polar surface area (TPSA) is 66.6 Å². The number of hydrogen-bond donors (Lipinski definition) is 0. The molecule has 6 nitrogen and oxygen atoms in total. The van der Waals surface area contributed by atoms with Crippen LogP contribution in [-0.2, 0) is 9.47 Å². The van der Waals surface area contributed by atoms with E-state index in [2.05, 4.69) is 10.2 Å². The summed E-state index contributed by atoms with van der Waals surface area (Å²) in [4.78, 5) is 0. The lowest BCUT2D eigenvalue weighted by molar-refractivity contribution is 0.00853. The Labute approximate surface area is 123 Å². The first-order valence-electron chi connectivity index (χ1n) is 7.10. The van der Waals surface area contributed by atoms with Gasteiger partial charge in [0.05, 0.1) is 19.3 Å². The third kappa shape index (κ3) is 4.03. The Hall–Kier alpha value is -1.92. The molecule has 112 valence electrons. The maximum Gasteiger partial charge on any atom is 0.247 e. The van der Waals surface area contributed by atoms with E-state index in [1.54, 1.807) is 0 Å². The van der Waals surface area contributed by atoms with E-state index in [1.165, 1.54) is 6.39 Å². The molecule has 2 aromatic rings. The minimum absolute atomic E-state index is 0.263. The van der Waals surface area contributed by atoms with Crippen molar-refractivity contribution in [3.63, 3.8) is 0 Å². The van der Waals surface area contributed by atoms with Crippen LogP contribution in [0.4, 0.5) is 0 Å². The molecule has 1 aromatic heterocycles. The molecule has 0 radical (unpaired) electrons. The van der Waals surface area contributed by atoms with E-state index < -0.39 is 0 Å². The normalized spacial score (nSPS) is 18.0. The average molecular weight is 290 g/mol. The predicted octanol–water partition coefficient (Wildman–Crippen LogP) is 2.31. The summed E-state index contributed by atoms with van der Waals surface area (Å²) in [6.07, 6.45) is 3.80. The molecule has 1 fully saturated rings. The van der Waals surface area contributed by atoms with Gasteiger partial charge in [-0.2, -0.15) is 0 Å². The van der Waals surface area contributed by atoms with Crippen LogP contribution in [0, 0.1) is 0 Å². The second-order valence-corrected chi connectivity index (χ2v) is 4.83. The van der Waals surface area contributed by atoms with E-state index in [-0.39, 0.29) is 6.10 Å². The van der Waals surface area contributed by atoms with Gasteiger partial charge < -0.3 is 18.6 Å². The largest absolute Gasteiger partial charge is 0.491 e. The first kappa shape index (κ1) is 14.0. The summed E-state index contributed by atoms with van der Waals surface area (Å²) in [7, 11) is 0. The van der Waals surface area contributed by atoms with Crippen LogP contribution in [0.15, 0.2) is 35.1 Å². The van der Waals surface area contributed by atoms with Crippen LogP contribution in [0.3, 0.4) is 0 Å². The highest BCUT2D eigenvalue weighted by Gasteiger charge is 2.14. The van der Waals surface area contributed by atoms with Crippen LogP contribution in [-0.4, -0.2) is 42.7 Å². The molecule has 0 bridgehead atoms. The summed E-state index contributed by atoms with van der Waals surface area (Å²) < 4.78 is 21.8. The van der Waals surface area contributed by atoms with Gasteiger partial charge in [0.25, 0.3) is 0 Å². The number of aromatic nitrogens is 2. The molecule has 0 amide bonds. The monoisotopic (exact) mass is 290 g/mol. The van der Waals surface area contributed by atoms with Crippen molar-refractivity contribution in [3.8, 4) is 17.2 Å². The number of benzene rings is 1. The average Bonchev–Trinajstić information content (AvgIpc) is 3.21. The maximum atomic E-state index is 5.61. The number of hydrogen-bond acceptors (Lipinski definition) is 6. The van der Waals surface area contributed by atoms with Crippen molar-refractivity contribution in [2.75, 3.05) is 26.4 Å². The molecule has 1 aliphatic heterocycles. The lowest BCUT2D eigenvalue weighted by Crippen LogP contribution is -2.17. The van der Waals surface area contributed by atoms with E-state index in [0.29, 0.717) is 25.7 Å². The summed E-state index contributed by atoms with van der Waals surface area (Å²) in [5.74, 6) is 1.29. The van der Waals surface area contributed by atoms with E-state index in [4.69, 9.17) is 18.6 Å². The van der Waals surface area contributed by atoms with Gasteiger partial charge in [0, 0.05) is 12.2 Å². The van der Waals surface area contributed by atoms with Crippen molar-refractivity contribution in [3.05, 3.63) is 30.7 Å². The van der Waals surface area contributed by atoms with E-state index >= 15 is 0 Å². The second kappa shape index (κ2) is 7.19. The van der Waals surface area contributed by atoms with E-state index in [1.807, 2.05) is 24.3 Å². The molecular formula is C15H18N2O4. The van der Waals surface area contributed by atoms with Crippen molar-refractivity contribution in [2.45, 2.75) is 18.9 Å². The summed E-state index contributed by atoms with van der Waals surface area (Å²) in [5, 5.41) is 7.50. The van der Waals surface area contributed by atoms with E-state index in [0.717, 1.165) is 30.8 Å². The Balaban J connectivity index is 1.37. The van der Waals surface area contributed by atoms with Crippen LogP contribution >= 0.6 is 0 Å².